The summed E-state index contributed by atoms with van der Waals surface area (Å²) in [4.78, 5) is 52.5. The predicted octanol–water partition coefficient (Wildman–Crippen LogP) is 6.24. The SMILES string of the molecule is CC(=O)Nc1cc(N[C@@H]2O[C@@H]3CO[Si](C(C)C)(C(C)C)O[Si](C(C)C)(C(C)C)O[C@H]3[C@H]2OC(=O)c2cccc(C(F)(F)F)c2)c(NC=O)c(=O)[nH]1. The molecule has 0 radical (unpaired) electrons. The molecule has 1 aromatic heterocycles. The molecule has 1 aromatic carbocycles. The monoisotopic (exact) mass is 756 g/mol. The van der Waals surface area contributed by atoms with Crippen molar-refractivity contribution in [2.75, 3.05) is 22.6 Å². The van der Waals surface area contributed by atoms with Gasteiger partial charge in [-0.3, -0.25) is 14.4 Å². The molecule has 4 atom stereocenters. The van der Waals surface area contributed by atoms with Crippen molar-refractivity contribution < 1.29 is 50.0 Å². The number of alkyl halides is 3. The Morgan fingerprint density at radius 2 is 1.63 bits per heavy atom. The third-order valence-corrected chi connectivity index (χ3v) is 19.4. The van der Waals surface area contributed by atoms with E-state index in [0.717, 1.165) is 12.1 Å². The number of rotatable bonds is 11. The number of nitrogens with one attached hydrogen (secondary N) is 4. The molecule has 2 aliphatic rings. The summed E-state index contributed by atoms with van der Waals surface area (Å²) < 4.78 is 74.4. The first-order valence-corrected chi connectivity index (χ1v) is 20.8. The van der Waals surface area contributed by atoms with Gasteiger partial charge in [0, 0.05) is 13.0 Å². The van der Waals surface area contributed by atoms with Crippen LogP contribution in [0.3, 0.4) is 0 Å². The third-order valence-electron chi connectivity index (χ3n) is 9.16. The number of aromatic nitrogens is 1. The summed E-state index contributed by atoms with van der Waals surface area (Å²) in [5.74, 6) is -1.59. The number of carbonyl (C=O) groups is 3. The first-order valence-electron chi connectivity index (χ1n) is 16.8. The Hall–Kier alpha value is -3.56. The number of esters is 1. The number of aromatic amines is 1. The lowest BCUT2D eigenvalue weighted by Gasteiger charge is -2.51. The molecule has 18 heteroatoms. The van der Waals surface area contributed by atoms with Gasteiger partial charge in [0.15, 0.2) is 12.3 Å². The number of fused-ring (bicyclic) bond motifs is 1. The lowest BCUT2D eigenvalue weighted by atomic mass is 10.1. The maximum Gasteiger partial charge on any atom is 0.416 e. The molecule has 3 heterocycles. The van der Waals surface area contributed by atoms with E-state index in [2.05, 4.69) is 20.9 Å². The zero-order chi connectivity index (χ0) is 38.1. The van der Waals surface area contributed by atoms with Gasteiger partial charge in [-0.1, -0.05) is 61.5 Å². The van der Waals surface area contributed by atoms with Crippen LogP contribution in [0.4, 0.5) is 30.4 Å². The van der Waals surface area contributed by atoms with Crippen LogP contribution < -0.4 is 21.5 Å². The second kappa shape index (κ2) is 15.6. The number of H-pyrrole nitrogens is 1. The van der Waals surface area contributed by atoms with Gasteiger partial charge in [0.05, 0.1) is 23.4 Å². The highest BCUT2D eigenvalue weighted by Crippen LogP contribution is 2.48. The summed E-state index contributed by atoms with van der Waals surface area (Å²) in [7, 11) is -6.36. The van der Waals surface area contributed by atoms with E-state index < -0.39 is 70.8 Å². The van der Waals surface area contributed by atoms with Crippen molar-refractivity contribution in [2.45, 2.75) is 115 Å². The molecular weight excluding hydrogens is 710 g/mol. The lowest BCUT2D eigenvalue weighted by molar-refractivity contribution is -0.137. The summed E-state index contributed by atoms with van der Waals surface area (Å²) in [6.45, 7) is 17.4. The topological polar surface area (TPSA) is 166 Å². The van der Waals surface area contributed by atoms with Crippen LogP contribution in [0.25, 0.3) is 0 Å². The van der Waals surface area contributed by atoms with Crippen LogP contribution in [0, 0.1) is 0 Å². The average molecular weight is 757 g/mol. The third kappa shape index (κ3) is 8.41. The first kappa shape index (κ1) is 40.2. The number of amides is 2. The molecule has 0 saturated carbocycles. The summed E-state index contributed by atoms with van der Waals surface area (Å²) in [6, 6.07) is 5.17. The van der Waals surface area contributed by atoms with Gasteiger partial charge < -0.3 is 43.4 Å². The molecule has 0 aliphatic carbocycles. The second-order valence-electron chi connectivity index (χ2n) is 14.0. The van der Waals surface area contributed by atoms with E-state index >= 15 is 0 Å². The fraction of sp³-hybridized carbons (Fsp3) is 0.576. The second-order valence-corrected chi connectivity index (χ2v) is 22.8. The summed E-state index contributed by atoms with van der Waals surface area (Å²) >= 11 is 0. The van der Waals surface area contributed by atoms with Crippen molar-refractivity contribution >= 4 is 52.6 Å². The van der Waals surface area contributed by atoms with Crippen molar-refractivity contribution in [3.8, 4) is 0 Å². The fourth-order valence-corrected chi connectivity index (χ4v) is 17.9. The van der Waals surface area contributed by atoms with Crippen molar-refractivity contribution in [1.82, 2.24) is 4.98 Å². The van der Waals surface area contributed by atoms with E-state index in [0.29, 0.717) is 6.07 Å². The number of hydrogen-bond acceptors (Lipinski definition) is 10. The van der Waals surface area contributed by atoms with Crippen LogP contribution in [0.15, 0.2) is 35.1 Å². The molecule has 13 nitrogen and oxygen atoms in total. The highest BCUT2D eigenvalue weighted by Gasteiger charge is 2.62. The Morgan fingerprint density at radius 3 is 2.18 bits per heavy atom. The van der Waals surface area contributed by atoms with Crippen LogP contribution in [0.2, 0.25) is 22.2 Å². The van der Waals surface area contributed by atoms with Gasteiger partial charge in [-0.25, -0.2) is 4.79 Å². The molecule has 0 spiro atoms. The van der Waals surface area contributed by atoms with E-state index in [1.165, 1.54) is 19.1 Å². The zero-order valence-electron chi connectivity index (χ0n) is 30.1. The van der Waals surface area contributed by atoms with Crippen LogP contribution >= 0.6 is 0 Å². The highest BCUT2D eigenvalue weighted by atomic mass is 28.5. The van der Waals surface area contributed by atoms with Crippen molar-refractivity contribution in [3.05, 3.63) is 51.8 Å². The molecule has 51 heavy (non-hydrogen) atoms. The van der Waals surface area contributed by atoms with Crippen molar-refractivity contribution in [3.63, 3.8) is 0 Å². The number of pyridine rings is 1. The molecule has 4 N–H and O–H groups in total. The predicted molar refractivity (Wildman–Crippen MR) is 188 cm³/mol. The van der Waals surface area contributed by atoms with Crippen molar-refractivity contribution in [1.29, 1.82) is 0 Å². The van der Waals surface area contributed by atoms with E-state index in [-0.39, 0.29) is 57.9 Å². The molecule has 2 saturated heterocycles. The molecule has 4 rings (SSSR count). The Bertz CT molecular complexity index is 1640. The normalized spacial score (nSPS) is 23.1. The minimum absolute atomic E-state index is 0.00657. The van der Waals surface area contributed by atoms with E-state index in [1.54, 1.807) is 0 Å². The molecule has 2 fully saturated rings. The number of halogens is 3. The molecular formula is C33H47F3N4O9Si2. The Kier molecular flexibility index (Phi) is 12.3. The Labute approximate surface area is 296 Å². The average Bonchev–Trinajstić information content (AvgIpc) is 3.31. The Morgan fingerprint density at radius 1 is 1.00 bits per heavy atom. The van der Waals surface area contributed by atoms with E-state index in [9.17, 15) is 32.3 Å². The fourth-order valence-electron chi connectivity index (χ4n) is 6.69. The minimum atomic E-state index is -4.71. The number of benzene rings is 1. The van der Waals surface area contributed by atoms with E-state index in [1.807, 2.05) is 55.4 Å². The number of anilines is 3. The smallest absolute Gasteiger partial charge is 0.416 e. The van der Waals surface area contributed by atoms with Crippen molar-refractivity contribution in [2.24, 2.45) is 0 Å². The van der Waals surface area contributed by atoms with Gasteiger partial charge in [-0.15, -0.1) is 0 Å². The Balaban J connectivity index is 1.87. The van der Waals surface area contributed by atoms with Gasteiger partial charge in [-0.05, 0) is 40.4 Å². The number of carbonyl (C=O) groups excluding carboxylic acids is 3. The molecule has 2 amide bonds. The summed E-state index contributed by atoms with van der Waals surface area (Å²) in [5.41, 5.74) is -2.69. The van der Waals surface area contributed by atoms with Gasteiger partial charge >= 0.3 is 29.3 Å². The van der Waals surface area contributed by atoms with Crippen LogP contribution in [-0.2, 0) is 38.2 Å². The van der Waals surface area contributed by atoms with Crippen LogP contribution in [0.1, 0.15) is 78.2 Å². The minimum Gasteiger partial charge on any atom is -0.451 e. The number of hydrogen-bond donors (Lipinski definition) is 4. The molecule has 0 bridgehead atoms. The highest BCUT2D eigenvalue weighted by molar-refractivity contribution is 6.84. The largest absolute Gasteiger partial charge is 0.451 e. The zero-order valence-corrected chi connectivity index (χ0v) is 32.1. The quantitative estimate of drug-likeness (QED) is 0.117. The van der Waals surface area contributed by atoms with Gasteiger partial charge in [0.1, 0.15) is 23.7 Å². The summed E-state index contributed by atoms with van der Waals surface area (Å²) in [6.07, 6.45) is -8.98. The van der Waals surface area contributed by atoms with E-state index in [4.69, 9.17) is 22.4 Å². The standard InChI is InChI=1S/C33H47F3N4O9Si2/c1-17(2)50(18(3)4)45-15-25-28(48-51(49-50,19(5)6)20(7)8)29(47-32(44)22-11-10-12-23(13-22)33(34,35)36)31(46-25)39-24-14-26(38-21(9)42)40-30(43)27(24)37-16-41/h10-14,16-20,25,28-29,31H,15H2,1-9H3,(H,37,41)(H3,38,39,40,42,43)/t25-,28-,29-,31-/m1/s1. The summed E-state index contributed by atoms with van der Waals surface area (Å²) in [5, 5.41) is 7.82. The maximum atomic E-state index is 13.7. The molecule has 2 aliphatic heterocycles. The van der Waals surface area contributed by atoms with Gasteiger partial charge in [0.25, 0.3) is 5.56 Å². The first-order chi connectivity index (χ1) is 23.7. The van der Waals surface area contributed by atoms with Crippen LogP contribution in [-0.4, -0.2) is 71.5 Å². The van der Waals surface area contributed by atoms with Gasteiger partial charge in [0.2, 0.25) is 12.3 Å². The lowest BCUT2D eigenvalue weighted by Crippen LogP contribution is -2.66. The molecule has 0 unspecified atom stereocenters. The molecule has 282 valence electrons. The number of ether oxygens (including phenoxy) is 2. The molecule has 2 aromatic rings. The van der Waals surface area contributed by atoms with Crippen LogP contribution in [0.5, 0.6) is 0 Å². The van der Waals surface area contributed by atoms with Gasteiger partial charge in [-0.2, -0.15) is 13.2 Å². The maximum absolute atomic E-state index is 13.7.